The van der Waals surface area contributed by atoms with Gasteiger partial charge < -0.3 is 10.2 Å². The Labute approximate surface area is 48.8 Å². The highest BCUT2D eigenvalue weighted by molar-refractivity contribution is 5.01. The summed E-state index contributed by atoms with van der Waals surface area (Å²) in [5, 5.41) is 16.7. The topological polar surface area (TPSA) is 40.5 Å². The first-order valence-electron chi connectivity index (χ1n) is 2.39. The van der Waals surface area contributed by atoms with Gasteiger partial charge in [0.15, 0.2) is 0 Å². The molecule has 0 aliphatic carbocycles. The molecule has 46 valence electrons. The Bertz CT molecular complexity index is 94.7. The molecule has 0 rings (SSSR count). The summed E-state index contributed by atoms with van der Waals surface area (Å²) in [5.41, 5.74) is 0.583. The highest BCUT2D eigenvalue weighted by atomic mass is 16.3. The summed E-state index contributed by atoms with van der Waals surface area (Å²) >= 11 is 0. The molecule has 2 nitrogen and oxygen atoms in total. The molecule has 2 N–H and O–H groups in total. The fourth-order valence-corrected chi connectivity index (χ4v) is 0.343. The maximum atomic E-state index is 8.38. The van der Waals surface area contributed by atoms with E-state index in [9.17, 15) is 0 Å². The second kappa shape index (κ2) is 4.40. The van der Waals surface area contributed by atoms with Gasteiger partial charge in [-0.2, -0.15) is 0 Å². The monoisotopic (exact) mass is 114 g/mol. The predicted octanol–water partition coefficient (Wildman–Crippen LogP) is 0.997. The average Bonchev–Trinajstić information content (AvgIpc) is 1.83. The fourth-order valence-electron chi connectivity index (χ4n) is 0.343. The zero-order chi connectivity index (χ0) is 6.41. The van der Waals surface area contributed by atoms with Crippen molar-refractivity contribution in [1.29, 1.82) is 0 Å². The van der Waals surface area contributed by atoms with Crippen LogP contribution in [0.2, 0.25) is 0 Å². The van der Waals surface area contributed by atoms with Crippen LogP contribution in [0.5, 0.6) is 0 Å². The molecule has 0 amide bonds. The molecule has 8 heavy (non-hydrogen) atoms. The van der Waals surface area contributed by atoms with Crippen molar-refractivity contribution < 1.29 is 10.2 Å². The van der Waals surface area contributed by atoms with E-state index in [0.29, 0.717) is 12.0 Å². The smallest absolute Gasteiger partial charge is 0.0809 e. The van der Waals surface area contributed by atoms with Gasteiger partial charge in [0.05, 0.1) is 12.9 Å². The molecule has 0 aromatic carbocycles. The van der Waals surface area contributed by atoms with E-state index in [1.165, 1.54) is 0 Å². The van der Waals surface area contributed by atoms with Crippen LogP contribution < -0.4 is 0 Å². The minimum absolute atomic E-state index is 0.0947. The quantitative estimate of drug-likeness (QED) is 0.424. The summed E-state index contributed by atoms with van der Waals surface area (Å²) in [6, 6.07) is 0. The zero-order valence-corrected chi connectivity index (χ0v) is 4.67. The summed E-state index contributed by atoms with van der Waals surface area (Å²) in [7, 11) is 0. The van der Waals surface area contributed by atoms with Crippen molar-refractivity contribution in [2.45, 2.75) is 6.42 Å². The van der Waals surface area contributed by atoms with Crippen LogP contribution >= 0.6 is 0 Å². The maximum absolute atomic E-state index is 8.38. The Kier molecular flexibility index (Phi) is 3.98. The molecule has 0 aliphatic rings. The minimum atomic E-state index is -0.0947. The number of rotatable bonds is 3. The van der Waals surface area contributed by atoms with Gasteiger partial charge in [0.2, 0.25) is 0 Å². The highest BCUT2D eigenvalue weighted by Gasteiger charge is 1.87. The molecule has 0 bridgehead atoms. The van der Waals surface area contributed by atoms with E-state index in [1.54, 1.807) is 6.08 Å². The van der Waals surface area contributed by atoms with Gasteiger partial charge in [0.25, 0.3) is 0 Å². The van der Waals surface area contributed by atoms with Gasteiger partial charge in [-0.3, -0.25) is 0 Å². The van der Waals surface area contributed by atoms with Crippen LogP contribution in [0.15, 0.2) is 24.5 Å². The van der Waals surface area contributed by atoms with Crippen LogP contribution in [0.3, 0.4) is 0 Å². The molecule has 0 unspecified atom stereocenters. The van der Waals surface area contributed by atoms with E-state index in [2.05, 4.69) is 6.58 Å². The van der Waals surface area contributed by atoms with Crippen molar-refractivity contribution >= 4 is 0 Å². The Balaban J connectivity index is 3.53. The van der Waals surface area contributed by atoms with Crippen molar-refractivity contribution in [3.63, 3.8) is 0 Å². The summed E-state index contributed by atoms with van der Waals surface area (Å²) in [5.74, 6) is 0. The highest BCUT2D eigenvalue weighted by Crippen LogP contribution is 1.97. The molecule has 2 heteroatoms. The molecule has 0 saturated carbocycles. The SMILES string of the molecule is C=CC/C(=C/O)CO. The molecule has 0 spiro atoms. The molecular weight excluding hydrogens is 104 g/mol. The summed E-state index contributed by atoms with van der Waals surface area (Å²) < 4.78 is 0. The largest absolute Gasteiger partial charge is 0.516 e. The van der Waals surface area contributed by atoms with Crippen LogP contribution in [0.1, 0.15) is 6.42 Å². The predicted molar refractivity (Wildman–Crippen MR) is 32.6 cm³/mol. The fraction of sp³-hybridized carbons (Fsp3) is 0.333. The molecule has 0 radical (unpaired) electrons. The maximum Gasteiger partial charge on any atom is 0.0809 e. The minimum Gasteiger partial charge on any atom is -0.516 e. The first-order valence-corrected chi connectivity index (χ1v) is 2.39. The van der Waals surface area contributed by atoms with Gasteiger partial charge in [-0.15, -0.1) is 6.58 Å². The Hall–Kier alpha value is -0.760. The second-order valence-corrected chi connectivity index (χ2v) is 1.44. The van der Waals surface area contributed by atoms with Gasteiger partial charge >= 0.3 is 0 Å². The van der Waals surface area contributed by atoms with Crippen LogP contribution in [-0.4, -0.2) is 16.8 Å². The number of allylic oxidation sites excluding steroid dienone is 1. The normalized spacial score (nSPS) is 11.4. The van der Waals surface area contributed by atoms with Gasteiger partial charge in [-0.1, -0.05) is 6.08 Å². The number of hydrogen-bond donors (Lipinski definition) is 2. The molecule has 0 aromatic rings. The third-order valence-corrected chi connectivity index (χ3v) is 0.792. The standard InChI is InChI=1S/C6H10O2/c1-2-3-6(4-7)5-8/h2,4,7-8H,1,3,5H2/b6-4-. The molecule has 0 aromatic heterocycles. The third kappa shape index (κ3) is 2.42. The van der Waals surface area contributed by atoms with Crippen molar-refractivity contribution in [2.24, 2.45) is 0 Å². The number of aliphatic hydroxyl groups is 2. The summed E-state index contributed by atoms with van der Waals surface area (Å²) in [6.45, 7) is 3.34. The molecule has 0 heterocycles. The van der Waals surface area contributed by atoms with Crippen molar-refractivity contribution in [2.75, 3.05) is 6.61 Å². The lowest BCUT2D eigenvalue weighted by Crippen LogP contribution is -1.87. The Morgan fingerprint density at radius 1 is 1.62 bits per heavy atom. The first-order chi connectivity index (χ1) is 3.85. The molecule has 0 saturated heterocycles. The summed E-state index contributed by atoms with van der Waals surface area (Å²) in [4.78, 5) is 0. The van der Waals surface area contributed by atoms with Gasteiger partial charge in [-0.25, -0.2) is 0 Å². The lowest BCUT2D eigenvalue weighted by Gasteiger charge is -1.92. The lowest BCUT2D eigenvalue weighted by atomic mass is 10.2. The van der Waals surface area contributed by atoms with E-state index in [0.717, 1.165) is 6.26 Å². The van der Waals surface area contributed by atoms with E-state index >= 15 is 0 Å². The number of aliphatic hydroxyl groups excluding tert-OH is 2. The Morgan fingerprint density at radius 2 is 2.25 bits per heavy atom. The second-order valence-electron chi connectivity index (χ2n) is 1.44. The molecular formula is C6H10O2. The average molecular weight is 114 g/mol. The van der Waals surface area contributed by atoms with Crippen LogP contribution in [0.4, 0.5) is 0 Å². The van der Waals surface area contributed by atoms with E-state index in [-0.39, 0.29) is 6.61 Å². The lowest BCUT2D eigenvalue weighted by molar-refractivity contribution is 0.321. The van der Waals surface area contributed by atoms with Gasteiger partial charge in [0.1, 0.15) is 0 Å². The molecule has 0 fully saturated rings. The van der Waals surface area contributed by atoms with Crippen LogP contribution in [-0.2, 0) is 0 Å². The third-order valence-electron chi connectivity index (χ3n) is 0.792. The van der Waals surface area contributed by atoms with Crippen LogP contribution in [0, 0.1) is 0 Å². The summed E-state index contributed by atoms with van der Waals surface area (Å²) in [6.07, 6.45) is 3.08. The zero-order valence-electron chi connectivity index (χ0n) is 4.67. The van der Waals surface area contributed by atoms with Crippen molar-refractivity contribution in [3.8, 4) is 0 Å². The van der Waals surface area contributed by atoms with E-state index in [1.807, 2.05) is 0 Å². The number of hydrogen-bond acceptors (Lipinski definition) is 2. The van der Waals surface area contributed by atoms with Gasteiger partial charge in [-0.05, 0) is 12.0 Å². The van der Waals surface area contributed by atoms with Crippen molar-refractivity contribution in [1.82, 2.24) is 0 Å². The first kappa shape index (κ1) is 7.24. The van der Waals surface area contributed by atoms with Crippen molar-refractivity contribution in [3.05, 3.63) is 24.5 Å². The van der Waals surface area contributed by atoms with Gasteiger partial charge in [0, 0.05) is 0 Å². The Morgan fingerprint density at radius 3 is 2.38 bits per heavy atom. The molecule has 0 aliphatic heterocycles. The van der Waals surface area contributed by atoms with E-state index in [4.69, 9.17) is 10.2 Å². The van der Waals surface area contributed by atoms with Crippen LogP contribution in [0.25, 0.3) is 0 Å². The van der Waals surface area contributed by atoms with E-state index < -0.39 is 0 Å². The molecule has 0 atom stereocenters.